The van der Waals surface area contributed by atoms with Crippen LogP contribution in [0.15, 0.2) is 36.3 Å². The lowest BCUT2D eigenvalue weighted by Crippen LogP contribution is -1.90. The number of pyridine rings is 1. The molecule has 0 unspecified atom stereocenters. The molecule has 0 atom stereocenters. The van der Waals surface area contributed by atoms with Crippen molar-refractivity contribution in [1.29, 1.82) is 0 Å². The Morgan fingerprint density at radius 3 is 3.33 bits per heavy atom. The molecule has 1 N–H and O–H groups in total. The van der Waals surface area contributed by atoms with Crippen molar-refractivity contribution in [3.05, 3.63) is 31.2 Å². The van der Waals surface area contributed by atoms with Crippen molar-refractivity contribution in [2.45, 2.75) is 5.16 Å². The fraction of sp³-hybridized carbons (Fsp3) is 0.200. The lowest BCUT2D eigenvalue weighted by Gasteiger charge is -1.97. The van der Waals surface area contributed by atoms with E-state index in [1.54, 1.807) is 18.0 Å². The Labute approximate surface area is 91.8 Å². The first kappa shape index (κ1) is 10.0. The van der Waals surface area contributed by atoms with Gasteiger partial charge in [0.15, 0.2) is 10.8 Å². The molecule has 0 saturated heterocycles. The van der Waals surface area contributed by atoms with Gasteiger partial charge in [0.25, 0.3) is 0 Å². The van der Waals surface area contributed by atoms with Crippen molar-refractivity contribution in [1.82, 2.24) is 15.0 Å². The SMILES string of the molecule is C=COCCSc1nc2ncccc2[nH]1. The van der Waals surface area contributed by atoms with Gasteiger partial charge < -0.3 is 9.72 Å². The third-order valence-corrected chi connectivity index (χ3v) is 2.63. The minimum atomic E-state index is 0.638. The van der Waals surface area contributed by atoms with E-state index < -0.39 is 0 Å². The van der Waals surface area contributed by atoms with Crippen LogP contribution in [0.5, 0.6) is 0 Å². The van der Waals surface area contributed by atoms with Gasteiger partial charge in [-0.3, -0.25) is 0 Å². The van der Waals surface area contributed by atoms with Crippen LogP contribution in [0.25, 0.3) is 11.2 Å². The van der Waals surface area contributed by atoms with Crippen LogP contribution in [0.4, 0.5) is 0 Å². The first-order chi connectivity index (χ1) is 7.40. The van der Waals surface area contributed by atoms with Crippen molar-refractivity contribution in [3.63, 3.8) is 0 Å². The molecule has 78 valence electrons. The maximum Gasteiger partial charge on any atom is 0.178 e. The maximum atomic E-state index is 5.02. The molecule has 2 rings (SSSR count). The standard InChI is InChI=1S/C10H11N3OS/c1-2-14-6-7-15-10-12-8-4-3-5-11-9(8)13-10/h2-5H,1,6-7H2,(H,11,12,13). The highest BCUT2D eigenvalue weighted by Crippen LogP contribution is 2.17. The number of nitrogens with zero attached hydrogens (tertiary/aromatic N) is 2. The van der Waals surface area contributed by atoms with Crippen LogP contribution >= 0.6 is 11.8 Å². The Hall–Kier alpha value is -1.49. The Balaban J connectivity index is 1.99. The second-order valence-corrected chi connectivity index (χ2v) is 3.89. The van der Waals surface area contributed by atoms with E-state index >= 15 is 0 Å². The summed E-state index contributed by atoms with van der Waals surface area (Å²) in [5, 5.41) is 0.872. The first-order valence-electron chi connectivity index (χ1n) is 4.56. The highest BCUT2D eigenvalue weighted by Gasteiger charge is 2.02. The molecule has 0 radical (unpaired) electrons. The zero-order chi connectivity index (χ0) is 10.5. The lowest BCUT2D eigenvalue weighted by molar-refractivity contribution is 0.274. The summed E-state index contributed by atoms with van der Waals surface area (Å²) in [6, 6.07) is 3.84. The third kappa shape index (κ3) is 2.50. The number of rotatable bonds is 5. The zero-order valence-corrected chi connectivity index (χ0v) is 8.96. The van der Waals surface area contributed by atoms with E-state index in [0.29, 0.717) is 6.61 Å². The molecule has 2 heterocycles. The molecule has 0 fully saturated rings. The Morgan fingerprint density at radius 2 is 2.53 bits per heavy atom. The predicted octanol–water partition coefficient (Wildman–Crippen LogP) is 2.21. The molecule has 0 saturated carbocycles. The monoisotopic (exact) mass is 221 g/mol. The molecule has 2 aromatic heterocycles. The molecule has 2 aromatic rings. The Kier molecular flexibility index (Phi) is 3.24. The van der Waals surface area contributed by atoms with Crippen LogP contribution < -0.4 is 0 Å². The average Bonchev–Trinajstić information content (AvgIpc) is 2.67. The summed E-state index contributed by atoms with van der Waals surface area (Å²) in [7, 11) is 0. The first-order valence-corrected chi connectivity index (χ1v) is 5.55. The molecule has 0 aliphatic rings. The lowest BCUT2D eigenvalue weighted by atomic mass is 10.4. The summed E-state index contributed by atoms with van der Waals surface area (Å²) < 4.78 is 5.02. The van der Waals surface area contributed by atoms with Gasteiger partial charge in [-0.2, -0.15) is 0 Å². The molecule has 4 nitrogen and oxygen atoms in total. The molecular formula is C10H11N3OS. The number of aromatic nitrogens is 3. The van der Waals surface area contributed by atoms with Gasteiger partial charge in [0.05, 0.1) is 18.4 Å². The summed E-state index contributed by atoms with van der Waals surface area (Å²) in [6.45, 7) is 4.11. The van der Waals surface area contributed by atoms with Gasteiger partial charge in [0, 0.05) is 11.9 Å². The Bertz CT molecular complexity index is 422. The quantitative estimate of drug-likeness (QED) is 0.478. The predicted molar refractivity (Wildman–Crippen MR) is 60.8 cm³/mol. The van der Waals surface area contributed by atoms with Gasteiger partial charge in [0.2, 0.25) is 0 Å². The molecule has 15 heavy (non-hydrogen) atoms. The minimum absolute atomic E-state index is 0.638. The number of ether oxygens (including phenoxy) is 1. The van der Waals surface area contributed by atoms with E-state index in [9.17, 15) is 0 Å². The van der Waals surface area contributed by atoms with Crippen molar-refractivity contribution < 1.29 is 4.74 Å². The normalized spacial score (nSPS) is 10.4. The van der Waals surface area contributed by atoms with Crippen molar-refractivity contribution in [2.24, 2.45) is 0 Å². The smallest absolute Gasteiger partial charge is 0.178 e. The number of hydrogen-bond acceptors (Lipinski definition) is 4. The highest BCUT2D eigenvalue weighted by atomic mass is 32.2. The van der Waals surface area contributed by atoms with Crippen molar-refractivity contribution in [2.75, 3.05) is 12.4 Å². The molecular weight excluding hydrogens is 210 g/mol. The molecule has 5 heteroatoms. The summed E-state index contributed by atoms with van der Waals surface area (Å²) in [4.78, 5) is 11.6. The van der Waals surface area contributed by atoms with Gasteiger partial charge >= 0.3 is 0 Å². The molecule has 0 spiro atoms. The number of imidazole rings is 1. The summed E-state index contributed by atoms with van der Waals surface area (Å²) in [6.07, 6.45) is 3.18. The average molecular weight is 221 g/mol. The van der Waals surface area contributed by atoms with E-state index in [-0.39, 0.29) is 0 Å². The fourth-order valence-electron chi connectivity index (χ4n) is 1.16. The zero-order valence-electron chi connectivity index (χ0n) is 8.14. The number of fused-ring (bicyclic) bond motifs is 1. The van der Waals surface area contributed by atoms with E-state index in [4.69, 9.17) is 4.74 Å². The van der Waals surface area contributed by atoms with Crippen molar-refractivity contribution >= 4 is 22.9 Å². The van der Waals surface area contributed by atoms with Crippen LogP contribution in [0.2, 0.25) is 0 Å². The van der Waals surface area contributed by atoms with Crippen molar-refractivity contribution in [3.8, 4) is 0 Å². The fourth-order valence-corrected chi connectivity index (χ4v) is 1.87. The molecule has 0 bridgehead atoms. The molecule has 0 aliphatic heterocycles. The second-order valence-electron chi connectivity index (χ2n) is 2.80. The second kappa shape index (κ2) is 4.84. The summed E-state index contributed by atoms with van der Waals surface area (Å²) in [5.41, 5.74) is 1.72. The van der Waals surface area contributed by atoms with E-state index in [2.05, 4.69) is 21.5 Å². The van der Waals surface area contributed by atoms with Gasteiger partial charge in [-0.15, -0.1) is 0 Å². The van der Waals surface area contributed by atoms with Crippen LogP contribution in [0, 0.1) is 0 Å². The van der Waals surface area contributed by atoms with E-state index in [1.807, 2.05) is 12.1 Å². The van der Waals surface area contributed by atoms with Gasteiger partial charge in [-0.05, 0) is 12.1 Å². The van der Waals surface area contributed by atoms with E-state index in [0.717, 1.165) is 22.1 Å². The topological polar surface area (TPSA) is 50.8 Å². The van der Waals surface area contributed by atoms with E-state index in [1.165, 1.54) is 6.26 Å². The summed E-state index contributed by atoms with van der Waals surface area (Å²) >= 11 is 1.61. The number of hydrogen-bond donors (Lipinski definition) is 1. The molecule has 0 aromatic carbocycles. The van der Waals surface area contributed by atoms with Gasteiger partial charge in [-0.1, -0.05) is 18.3 Å². The number of H-pyrrole nitrogens is 1. The van der Waals surface area contributed by atoms with Crippen LogP contribution in [0.1, 0.15) is 0 Å². The largest absolute Gasteiger partial charge is 0.501 e. The third-order valence-electron chi connectivity index (χ3n) is 1.79. The number of nitrogens with one attached hydrogen (secondary N) is 1. The maximum absolute atomic E-state index is 5.02. The van der Waals surface area contributed by atoms with Gasteiger partial charge in [0.1, 0.15) is 0 Å². The molecule has 0 amide bonds. The Morgan fingerprint density at radius 1 is 1.60 bits per heavy atom. The molecule has 0 aliphatic carbocycles. The van der Waals surface area contributed by atoms with Crippen LogP contribution in [-0.4, -0.2) is 27.3 Å². The van der Waals surface area contributed by atoms with Crippen LogP contribution in [0.3, 0.4) is 0 Å². The number of aromatic amines is 1. The van der Waals surface area contributed by atoms with Crippen LogP contribution in [-0.2, 0) is 4.74 Å². The minimum Gasteiger partial charge on any atom is -0.501 e. The number of thioether (sulfide) groups is 1. The van der Waals surface area contributed by atoms with Gasteiger partial charge in [-0.25, -0.2) is 9.97 Å². The highest BCUT2D eigenvalue weighted by molar-refractivity contribution is 7.99. The summed E-state index contributed by atoms with van der Waals surface area (Å²) in [5.74, 6) is 0.839.